The van der Waals surface area contributed by atoms with Gasteiger partial charge in [-0.15, -0.1) is 11.3 Å². The van der Waals surface area contributed by atoms with Gasteiger partial charge in [0.2, 0.25) is 5.13 Å². The van der Waals surface area contributed by atoms with Crippen LogP contribution in [0.25, 0.3) is 11.3 Å². The van der Waals surface area contributed by atoms with Gasteiger partial charge in [0.05, 0.1) is 5.69 Å². The number of nitrogens with zero attached hydrogens (tertiary/aromatic N) is 2. The Morgan fingerprint density at radius 1 is 1.22 bits per heavy atom. The molecule has 2 bridgehead atoms. The summed E-state index contributed by atoms with van der Waals surface area (Å²) >= 11 is 1.62. The first-order valence-electron chi connectivity index (χ1n) is 8.35. The quantitative estimate of drug-likeness (QED) is 0.765. The van der Waals surface area contributed by atoms with Gasteiger partial charge in [-0.25, -0.2) is 4.98 Å². The summed E-state index contributed by atoms with van der Waals surface area (Å²) in [4.78, 5) is 4.66. The van der Waals surface area contributed by atoms with E-state index in [1.54, 1.807) is 11.3 Å². The predicted molar refractivity (Wildman–Crippen MR) is 97.8 cm³/mol. The van der Waals surface area contributed by atoms with Crippen LogP contribution >= 0.6 is 11.3 Å². The van der Waals surface area contributed by atoms with Crippen molar-refractivity contribution < 1.29 is 0 Å². The van der Waals surface area contributed by atoms with Crippen LogP contribution in [-0.4, -0.2) is 10.7 Å². The third-order valence-corrected chi connectivity index (χ3v) is 7.12. The van der Waals surface area contributed by atoms with Crippen LogP contribution in [0, 0.1) is 16.7 Å². The van der Waals surface area contributed by atoms with Gasteiger partial charge in [0.15, 0.2) is 0 Å². The standard InChI is InChI=1S/C19H23N3S/c1-18(2)14-9-10-19(18,3)16(11-14)21-22-17-20-15(12-23-17)13-7-5-4-6-8-13/h4-8,12,14H,9-11H2,1-3H3,(H,20,22)/b21-16+. The number of thiazole rings is 1. The molecular formula is C19H23N3S. The lowest BCUT2D eigenvalue weighted by Crippen LogP contribution is -2.32. The molecule has 1 N–H and O–H groups in total. The van der Waals surface area contributed by atoms with Crippen molar-refractivity contribution in [1.29, 1.82) is 0 Å². The minimum Gasteiger partial charge on any atom is -0.253 e. The SMILES string of the molecule is CC12CCC(C/C1=N\Nc1nc(-c3ccccc3)cs1)C2(C)C. The summed E-state index contributed by atoms with van der Waals surface area (Å²) in [5.74, 6) is 0.782. The molecule has 1 heterocycles. The number of hydrogen-bond donors (Lipinski definition) is 1. The van der Waals surface area contributed by atoms with E-state index >= 15 is 0 Å². The van der Waals surface area contributed by atoms with Crippen LogP contribution < -0.4 is 5.43 Å². The Morgan fingerprint density at radius 2 is 2.00 bits per heavy atom. The monoisotopic (exact) mass is 325 g/mol. The van der Waals surface area contributed by atoms with Crippen LogP contribution in [0.5, 0.6) is 0 Å². The molecular weight excluding hydrogens is 302 g/mol. The van der Waals surface area contributed by atoms with Crippen molar-refractivity contribution in [3.63, 3.8) is 0 Å². The summed E-state index contributed by atoms with van der Waals surface area (Å²) in [6.45, 7) is 7.20. The topological polar surface area (TPSA) is 37.3 Å². The van der Waals surface area contributed by atoms with Crippen LogP contribution in [0.3, 0.4) is 0 Å². The summed E-state index contributed by atoms with van der Waals surface area (Å²) < 4.78 is 0. The first kappa shape index (κ1) is 14.9. The van der Waals surface area contributed by atoms with E-state index in [0.29, 0.717) is 5.41 Å². The van der Waals surface area contributed by atoms with Gasteiger partial charge in [-0.1, -0.05) is 51.1 Å². The molecule has 0 amide bonds. The first-order chi connectivity index (χ1) is 11.0. The van der Waals surface area contributed by atoms with Crippen LogP contribution in [0.4, 0.5) is 5.13 Å². The van der Waals surface area contributed by atoms with Crippen molar-refractivity contribution >= 4 is 22.2 Å². The van der Waals surface area contributed by atoms with Gasteiger partial charge in [0, 0.05) is 22.1 Å². The lowest BCUT2D eigenvalue weighted by atomic mass is 9.70. The molecule has 2 saturated carbocycles. The summed E-state index contributed by atoms with van der Waals surface area (Å²) in [6, 6.07) is 10.3. The lowest BCUT2D eigenvalue weighted by molar-refractivity contribution is 0.194. The minimum atomic E-state index is 0.240. The fourth-order valence-electron chi connectivity index (χ4n) is 4.28. The van der Waals surface area contributed by atoms with E-state index in [4.69, 9.17) is 5.10 Å². The Hall–Kier alpha value is -1.68. The molecule has 3 nitrogen and oxygen atoms in total. The Balaban J connectivity index is 1.53. The number of nitrogens with one attached hydrogen (secondary N) is 1. The van der Waals surface area contributed by atoms with Crippen molar-refractivity contribution in [3.8, 4) is 11.3 Å². The molecule has 2 fully saturated rings. The molecule has 0 spiro atoms. The predicted octanol–water partition coefficient (Wildman–Crippen LogP) is 5.42. The zero-order valence-electron chi connectivity index (χ0n) is 14.0. The smallest absolute Gasteiger partial charge is 0.203 e. The fourth-order valence-corrected chi connectivity index (χ4v) is 4.94. The molecule has 4 heteroatoms. The van der Waals surface area contributed by atoms with Crippen molar-refractivity contribution in [2.75, 3.05) is 5.43 Å². The Labute approximate surface area is 141 Å². The van der Waals surface area contributed by atoms with Gasteiger partial charge >= 0.3 is 0 Å². The second-order valence-electron chi connectivity index (χ2n) is 7.57. The Bertz CT molecular complexity index is 747. The molecule has 0 aliphatic heterocycles. The van der Waals surface area contributed by atoms with Gasteiger partial charge in [-0.05, 0) is 30.6 Å². The lowest BCUT2D eigenvalue weighted by Gasteiger charge is -2.34. The summed E-state index contributed by atoms with van der Waals surface area (Å²) in [5.41, 5.74) is 7.32. The largest absolute Gasteiger partial charge is 0.253 e. The number of anilines is 1. The van der Waals surface area contributed by atoms with E-state index in [9.17, 15) is 0 Å². The van der Waals surface area contributed by atoms with Crippen molar-refractivity contribution in [1.82, 2.24) is 4.98 Å². The highest BCUT2D eigenvalue weighted by Crippen LogP contribution is 2.63. The number of hydrazone groups is 1. The fraction of sp³-hybridized carbons (Fsp3) is 0.474. The van der Waals surface area contributed by atoms with Gasteiger partial charge in [0.1, 0.15) is 0 Å². The van der Waals surface area contributed by atoms with E-state index in [2.05, 4.69) is 48.7 Å². The molecule has 4 rings (SSSR count). The van der Waals surface area contributed by atoms with Gasteiger partial charge in [-0.3, -0.25) is 5.43 Å². The van der Waals surface area contributed by atoms with E-state index in [0.717, 1.165) is 28.7 Å². The second kappa shape index (κ2) is 5.17. The molecule has 2 atom stereocenters. The Morgan fingerprint density at radius 3 is 2.65 bits per heavy atom. The van der Waals surface area contributed by atoms with Crippen LogP contribution in [0.1, 0.15) is 40.0 Å². The number of benzene rings is 1. The molecule has 2 unspecified atom stereocenters. The zero-order chi connectivity index (χ0) is 16.1. The van der Waals surface area contributed by atoms with Crippen molar-refractivity contribution in [2.45, 2.75) is 40.0 Å². The number of hydrogen-bond acceptors (Lipinski definition) is 4. The third-order valence-electron chi connectivity index (χ3n) is 6.37. The van der Waals surface area contributed by atoms with Gasteiger partial charge < -0.3 is 0 Å². The molecule has 1 aromatic heterocycles. The van der Waals surface area contributed by atoms with Crippen LogP contribution in [-0.2, 0) is 0 Å². The summed E-state index contributed by atoms with van der Waals surface area (Å²) in [7, 11) is 0. The molecule has 1 aromatic carbocycles. The molecule has 120 valence electrons. The zero-order valence-corrected chi connectivity index (χ0v) is 14.8. The second-order valence-corrected chi connectivity index (χ2v) is 8.43. The van der Waals surface area contributed by atoms with Crippen LogP contribution in [0.2, 0.25) is 0 Å². The number of aromatic nitrogens is 1. The van der Waals surface area contributed by atoms with E-state index in [-0.39, 0.29) is 5.41 Å². The average molecular weight is 325 g/mol. The minimum absolute atomic E-state index is 0.240. The molecule has 2 aliphatic carbocycles. The van der Waals surface area contributed by atoms with Gasteiger partial charge in [-0.2, -0.15) is 5.10 Å². The van der Waals surface area contributed by atoms with Crippen LogP contribution in [0.15, 0.2) is 40.8 Å². The molecule has 0 radical (unpaired) electrons. The van der Waals surface area contributed by atoms with Crippen molar-refractivity contribution in [3.05, 3.63) is 35.7 Å². The Kier molecular flexibility index (Phi) is 3.34. The maximum absolute atomic E-state index is 4.77. The average Bonchev–Trinajstić information content (AvgIpc) is 3.16. The van der Waals surface area contributed by atoms with E-state index < -0.39 is 0 Å². The highest BCUT2D eigenvalue weighted by molar-refractivity contribution is 7.14. The van der Waals surface area contributed by atoms with E-state index in [1.807, 2.05) is 18.2 Å². The summed E-state index contributed by atoms with van der Waals surface area (Å²) in [6.07, 6.45) is 3.74. The highest BCUT2D eigenvalue weighted by atomic mass is 32.1. The molecule has 0 saturated heterocycles. The number of fused-ring (bicyclic) bond motifs is 2. The first-order valence-corrected chi connectivity index (χ1v) is 9.23. The molecule has 2 aromatic rings. The van der Waals surface area contributed by atoms with Gasteiger partial charge in [0.25, 0.3) is 0 Å². The molecule has 2 aliphatic rings. The maximum Gasteiger partial charge on any atom is 0.203 e. The van der Waals surface area contributed by atoms with Crippen molar-refractivity contribution in [2.24, 2.45) is 21.8 Å². The number of rotatable bonds is 3. The van der Waals surface area contributed by atoms with E-state index in [1.165, 1.54) is 18.6 Å². The summed E-state index contributed by atoms with van der Waals surface area (Å²) in [5, 5.41) is 7.73. The normalized spacial score (nSPS) is 30.0. The highest BCUT2D eigenvalue weighted by Gasteiger charge is 2.59. The maximum atomic E-state index is 4.77. The molecule has 23 heavy (non-hydrogen) atoms. The third kappa shape index (κ3) is 2.23.